The van der Waals surface area contributed by atoms with Crippen LogP contribution >= 0.6 is 7.50 Å². The zero-order valence-electron chi connectivity index (χ0n) is 3.28. The van der Waals surface area contributed by atoms with E-state index in [1.807, 2.05) is 0 Å². The second-order valence-electron chi connectivity index (χ2n) is 1.16. The third-order valence-electron chi connectivity index (χ3n) is 0.189. The molecular weight excluding hydrogens is 152 g/mol. The Morgan fingerprint density at radius 2 is 1.12 bits per heavy atom. The van der Waals surface area contributed by atoms with Crippen molar-refractivity contribution in [2.45, 2.75) is 0 Å². The SMILES string of the molecule is N#C[P-](F)(F)(F)(F)F. The Bertz CT molecular complexity index is 143. The molecule has 0 amide bonds. The van der Waals surface area contributed by atoms with Crippen LogP contribution in [0.5, 0.6) is 0 Å². The molecule has 0 saturated carbocycles. The predicted octanol–water partition coefficient (Wildman–Crippen LogP) is 2.98. The van der Waals surface area contributed by atoms with E-state index in [1.165, 1.54) is 0 Å². The molecule has 0 aromatic heterocycles. The van der Waals surface area contributed by atoms with Crippen LogP contribution in [0, 0.1) is 11.1 Å². The molecule has 0 N–H and O–H groups in total. The van der Waals surface area contributed by atoms with Gasteiger partial charge in [0, 0.05) is 0 Å². The molecule has 1 nitrogen and oxygen atoms in total. The fourth-order valence-corrected chi connectivity index (χ4v) is 0. The molecule has 0 unspecified atom stereocenters. The minimum absolute atomic E-state index is 0.940. The van der Waals surface area contributed by atoms with Gasteiger partial charge in [-0.05, 0) is 0 Å². The molecular formula is CF5NP-. The summed E-state index contributed by atoms with van der Waals surface area (Å²) in [4.78, 5) is 0. The Balaban J connectivity index is 4.88. The number of nitrogens with zero attached hydrogens (tertiary/aromatic N) is 1. The molecule has 0 fully saturated rings. The molecule has 50 valence electrons. The van der Waals surface area contributed by atoms with Gasteiger partial charge in [0.1, 0.15) is 0 Å². The molecule has 0 aromatic rings. The van der Waals surface area contributed by atoms with Crippen molar-refractivity contribution in [3.8, 4) is 5.81 Å². The van der Waals surface area contributed by atoms with Crippen LogP contribution in [-0.4, -0.2) is 0 Å². The van der Waals surface area contributed by atoms with Crippen molar-refractivity contribution >= 4 is 7.50 Å². The van der Waals surface area contributed by atoms with E-state index in [-0.39, 0.29) is 0 Å². The second-order valence-corrected chi connectivity index (χ2v) is 3.48. The zero-order chi connectivity index (χ0) is 7.12. The van der Waals surface area contributed by atoms with Crippen LogP contribution in [-0.2, 0) is 0 Å². The molecule has 0 aromatic carbocycles. The summed E-state index contributed by atoms with van der Waals surface area (Å²) in [6, 6.07) is 0. The average Bonchev–Trinajstić information content (AvgIpc) is 1.30. The molecule has 0 radical (unpaired) electrons. The van der Waals surface area contributed by atoms with Gasteiger partial charge in [-0.15, -0.1) is 0 Å². The van der Waals surface area contributed by atoms with Crippen molar-refractivity contribution in [3.05, 3.63) is 0 Å². The van der Waals surface area contributed by atoms with Crippen molar-refractivity contribution < 1.29 is 21.0 Å². The van der Waals surface area contributed by atoms with E-state index in [2.05, 4.69) is 0 Å². The van der Waals surface area contributed by atoms with Crippen LogP contribution in [0.4, 0.5) is 21.0 Å². The van der Waals surface area contributed by atoms with Crippen LogP contribution in [0.15, 0.2) is 0 Å². The van der Waals surface area contributed by atoms with E-state index in [0.717, 1.165) is 0 Å². The molecule has 0 rings (SSSR count). The Morgan fingerprint density at radius 3 is 1.12 bits per heavy atom. The van der Waals surface area contributed by atoms with Crippen LogP contribution in [0.25, 0.3) is 0 Å². The van der Waals surface area contributed by atoms with Gasteiger partial charge in [-0.25, -0.2) is 0 Å². The second kappa shape index (κ2) is 0.841. The molecule has 0 aliphatic rings. The topological polar surface area (TPSA) is 23.8 Å². The van der Waals surface area contributed by atoms with Crippen molar-refractivity contribution in [1.82, 2.24) is 0 Å². The Morgan fingerprint density at radius 1 is 1.00 bits per heavy atom. The van der Waals surface area contributed by atoms with E-state index in [4.69, 9.17) is 5.26 Å². The van der Waals surface area contributed by atoms with E-state index in [0.29, 0.717) is 0 Å². The molecule has 0 aliphatic carbocycles. The standard InChI is InChI=1S/CF5NP/c2-8(3,4,5,6)1-7/q-1. The summed E-state index contributed by atoms with van der Waals surface area (Å²) in [6.45, 7) is 0. The fraction of sp³-hybridized carbons (Fsp3) is 0. The van der Waals surface area contributed by atoms with E-state index in [1.54, 1.807) is 0 Å². The normalized spacial score (nSPS) is 20.5. The van der Waals surface area contributed by atoms with Gasteiger partial charge >= 0.3 is 39.6 Å². The van der Waals surface area contributed by atoms with Gasteiger partial charge in [0.2, 0.25) is 0 Å². The van der Waals surface area contributed by atoms with Crippen LogP contribution in [0.2, 0.25) is 0 Å². The van der Waals surface area contributed by atoms with E-state index < -0.39 is 13.3 Å². The summed E-state index contributed by atoms with van der Waals surface area (Å²) in [6.07, 6.45) is 0. The monoisotopic (exact) mass is 152 g/mol. The van der Waals surface area contributed by atoms with Crippen LogP contribution < -0.4 is 0 Å². The number of hydrogen-bond acceptors (Lipinski definition) is 1. The molecule has 7 heteroatoms. The number of hydrogen-bond donors (Lipinski definition) is 0. The molecule has 0 heterocycles. The first-order chi connectivity index (χ1) is 3.04. The van der Waals surface area contributed by atoms with E-state index in [9.17, 15) is 21.0 Å². The third-order valence-corrected chi connectivity index (χ3v) is 0.567. The molecule has 0 bridgehead atoms. The van der Waals surface area contributed by atoms with Crippen molar-refractivity contribution in [3.63, 3.8) is 0 Å². The zero-order valence-corrected chi connectivity index (χ0v) is 4.18. The van der Waals surface area contributed by atoms with Gasteiger partial charge in [-0.2, -0.15) is 0 Å². The van der Waals surface area contributed by atoms with Crippen molar-refractivity contribution in [1.29, 1.82) is 5.26 Å². The van der Waals surface area contributed by atoms with Gasteiger partial charge in [0.05, 0.1) is 0 Å². The van der Waals surface area contributed by atoms with Crippen molar-refractivity contribution in [2.24, 2.45) is 0 Å². The minimum atomic E-state index is -9.89. The van der Waals surface area contributed by atoms with Gasteiger partial charge in [0.15, 0.2) is 0 Å². The first kappa shape index (κ1) is 7.57. The summed E-state index contributed by atoms with van der Waals surface area (Å²) in [5.41, 5.74) is 0. The van der Waals surface area contributed by atoms with E-state index >= 15 is 0 Å². The first-order valence-electron chi connectivity index (χ1n) is 1.29. The van der Waals surface area contributed by atoms with Crippen LogP contribution in [0.1, 0.15) is 0 Å². The molecule has 0 atom stereocenters. The summed E-state index contributed by atoms with van der Waals surface area (Å²) in [7, 11) is -9.89. The third kappa shape index (κ3) is 5.57. The van der Waals surface area contributed by atoms with Gasteiger partial charge in [-0.3, -0.25) is 0 Å². The Kier molecular flexibility index (Phi) is 0.796. The maximum absolute atomic E-state index is 10.6. The summed E-state index contributed by atoms with van der Waals surface area (Å²) < 4.78 is 53.0. The fourth-order valence-electron chi connectivity index (χ4n) is 0. The molecule has 0 saturated heterocycles. The number of halogens is 5. The summed E-state index contributed by atoms with van der Waals surface area (Å²) in [5.74, 6) is -0.940. The number of rotatable bonds is 0. The summed E-state index contributed by atoms with van der Waals surface area (Å²) in [5, 5.41) is 6.86. The van der Waals surface area contributed by atoms with Crippen molar-refractivity contribution in [2.75, 3.05) is 0 Å². The molecule has 0 spiro atoms. The molecule has 8 heavy (non-hydrogen) atoms. The maximum atomic E-state index is 10.6. The number of nitriles is 1. The Labute approximate surface area is 40.8 Å². The molecule has 0 aliphatic heterocycles. The predicted molar refractivity (Wildman–Crippen MR) is 18.1 cm³/mol. The quantitative estimate of drug-likeness (QED) is 0.386. The first-order valence-corrected chi connectivity index (χ1v) is 3.43. The van der Waals surface area contributed by atoms with Gasteiger partial charge < -0.3 is 0 Å². The van der Waals surface area contributed by atoms with Gasteiger partial charge in [-0.1, -0.05) is 0 Å². The van der Waals surface area contributed by atoms with Crippen LogP contribution in [0.3, 0.4) is 0 Å². The summed E-state index contributed by atoms with van der Waals surface area (Å²) >= 11 is 0. The average molecular weight is 152 g/mol. The van der Waals surface area contributed by atoms with Gasteiger partial charge in [0.25, 0.3) is 0 Å². The Hall–Kier alpha value is -0.430.